The molecule has 5 aliphatic rings. The van der Waals surface area contributed by atoms with Crippen LogP contribution in [0.1, 0.15) is 60.5 Å². The van der Waals surface area contributed by atoms with Gasteiger partial charge in [-0.3, -0.25) is 9.52 Å². The lowest BCUT2D eigenvalue weighted by Gasteiger charge is -2.46. The number of hydrogen-bond donors (Lipinski definition) is 1. The number of ether oxygens (including phenoxy) is 3. The molecule has 2 aromatic carbocycles. The SMILES string of the molecule is CO[C@H]1/C=C/C[C@H](C)C[S@@](=O)(NC(=O)N2CC(Oc3ccccn3)C2)=NC(=O)c2ccc3c(c2)N(C[C@@H]2CC[C@H]21)C[C@@]1(CCCc2cc(Cl)ccc21)CO3. The zero-order valence-electron chi connectivity index (χ0n) is 30.8. The topological polar surface area (TPSA) is 123 Å². The summed E-state index contributed by atoms with van der Waals surface area (Å²) in [5.41, 5.74) is 3.38. The average molecular weight is 774 g/mol. The first-order valence-electron chi connectivity index (χ1n) is 19.0. The number of aryl methyl sites for hydroxylation is 1. The van der Waals surface area contributed by atoms with E-state index in [4.69, 9.17) is 25.8 Å². The Bertz CT molecular complexity index is 2050. The molecule has 8 rings (SSSR count). The second-order valence-electron chi connectivity index (χ2n) is 15.7. The number of nitrogens with zero attached hydrogens (tertiary/aromatic N) is 4. The van der Waals surface area contributed by atoms with Gasteiger partial charge in [0.05, 0.1) is 37.2 Å². The van der Waals surface area contributed by atoms with Crippen LogP contribution in [-0.2, 0) is 26.5 Å². The Kier molecular flexibility index (Phi) is 10.4. The number of benzene rings is 2. The van der Waals surface area contributed by atoms with Crippen LogP contribution in [-0.4, -0.2) is 83.9 Å². The summed E-state index contributed by atoms with van der Waals surface area (Å²) in [5, 5.41) is 0.738. The first-order valence-corrected chi connectivity index (χ1v) is 21.1. The molecule has 1 saturated carbocycles. The van der Waals surface area contributed by atoms with Crippen LogP contribution in [0.25, 0.3) is 0 Å². The van der Waals surface area contributed by atoms with Crippen molar-refractivity contribution in [3.63, 3.8) is 0 Å². The van der Waals surface area contributed by atoms with E-state index in [-0.39, 0.29) is 29.3 Å². The fourth-order valence-electron chi connectivity index (χ4n) is 8.83. The molecule has 2 fully saturated rings. The molecule has 13 heteroatoms. The second-order valence-corrected chi connectivity index (χ2v) is 18.1. The Labute approximate surface area is 322 Å². The average Bonchev–Trinajstić information content (AvgIpc) is 3.27. The van der Waals surface area contributed by atoms with Crippen LogP contribution in [0.5, 0.6) is 11.6 Å². The summed E-state index contributed by atoms with van der Waals surface area (Å²) in [5.74, 6) is 1.11. The minimum atomic E-state index is -3.53. The van der Waals surface area contributed by atoms with Gasteiger partial charge in [-0.1, -0.05) is 42.8 Å². The third-order valence-corrected chi connectivity index (χ3v) is 14.0. The molecule has 0 unspecified atom stereocenters. The van der Waals surface area contributed by atoms with Crippen molar-refractivity contribution in [2.24, 2.45) is 22.1 Å². The van der Waals surface area contributed by atoms with E-state index in [0.29, 0.717) is 61.7 Å². The maximum atomic E-state index is 14.6. The van der Waals surface area contributed by atoms with Crippen molar-refractivity contribution in [1.29, 1.82) is 0 Å². The van der Waals surface area contributed by atoms with Crippen LogP contribution < -0.4 is 19.1 Å². The molecule has 2 bridgehead atoms. The van der Waals surface area contributed by atoms with Crippen molar-refractivity contribution in [2.75, 3.05) is 50.5 Å². The molecule has 1 N–H and O–H groups in total. The molecule has 286 valence electrons. The number of hydrogen-bond acceptors (Lipinski definition) is 8. The van der Waals surface area contributed by atoms with Crippen molar-refractivity contribution >= 4 is 39.1 Å². The van der Waals surface area contributed by atoms with Gasteiger partial charge in [-0.15, -0.1) is 4.36 Å². The number of methoxy groups -OCH3 is 1. The molecule has 2 aliphatic carbocycles. The summed E-state index contributed by atoms with van der Waals surface area (Å²) in [6.07, 6.45) is 11.3. The summed E-state index contributed by atoms with van der Waals surface area (Å²) in [6, 6.07) is 16.4. The van der Waals surface area contributed by atoms with Crippen LogP contribution in [0.2, 0.25) is 5.02 Å². The molecule has 6 atom stereocenters. The highest BCUT2D eigenvalue weighted by Gasteiger charge is 2.44. The van der Waals surface area contributed by atoms with Gasteiger partial charge >= 0.3 is 6.03 Å². The van der Waals surface area contributed by atoms with Crippen molar-refractivity contribution in [3.8, 4) is 11.6 Å². The van der Waals surface area contributed by atoms with Crippen LogP contribution in [0.4, 0.5) is 10.5 Å². The lowest BCUT2D eigenvalue weighted by atomic mass is 9.68. The zero-order chi connectivity index (χ0) is 37.5. The van der Waals surface area contributed by atoms with Gasteiger partial charge in [-0.05, 0) is 104 Å². The number of carbonyl (C=O) groups is 2. The summed E-state index contributed by atoms with van der Waals surface area (Å²) in [4.78, 5) is 35.6. The Morgan fingerprint density at radius 1 is 1.11 bits per heavy atom. The van der Waals surface area contributed by atoms with Crippen molar-refractivity contribution in [1.82, 2.24) is 14.6 Å². The summed E-state index contributed by atoms with van der Waals surface area (Å²) >= 11 is 6.47. The smallest absolute Gasteiger partial charge is 0.330 e. The minimum Gasteiger partial charge on any atom is -0.490 e. The van der Waals surface area contributed by atoms with Crippen LogP contribution in [0.15, 0.2) is 77.3 Å². The number of halogens is 1. The number of pyridine rings is 1. The van der Waals surface area contributed by atoms with E-state index in [1.165, 1.54) is 16.0 Å². The molecule has 4 heterocycles. The van der Waals surface area contributed by atoms with Gasteiger partial charge in [0.1, 0.15) is 21.8 Å². The molecule has 0 radical (unpaired) electrons. The third kappa shape index (κ3) is 7.57. The number of allylic oxidation sites excluding steroid dienone is 1. The Morgan fingerprint density at radius 2 is 1.98 bits per heavy atom. The number of carbonyl (C=O) groups excluding carboxylic acids is 2. The maximum Gasteiger partial charge on any atom is 0.330 e. The predicted octanol–water partition coefficient (Wildman–Crippen LogP) is 6.84. The Balaban J connectivity index is 1.11. The lowest BCUT2D eigenvalue weighted by Crippen LogP contribution is -2.59. The van der Waals surface area contributed by atoms with E-state index in [1.807, 2.05) is 31.2 Å². The number of amides is 3. The van der Waals surface area contributed by atoms with E-state index in [1.54, 1.807) is 31.5 Å². The molecule has 1 aromatic heterocycles. The molecule has 11 nitrogen and oxygen atoms in total. The fraction of sp³-hybridized carbons (Fsp3) is 0.488. The van der Waals surface area contributed by atoms with E-state index < -0.39 is 21.9 Å². The normalized spacial score (nSPS) is 30.3. The van der Waals surface area contributed by atoms with E-state index >= 15 is 0 Å². The largest absolute Gasteiger partial charge is 0.490 e. The van der Waals surface area contributed by atoms with Gasteiger partial charge in [0.15, 0.2) is 0 Å². The molecule has 54 heavy (non-hydrogen) atoms. The number of rotatable bonds is 4. The van der Waals surface area contributed by atoms with Crippen LogP contribution >= 0.6 is 11.6 Å². The van der Waals surface area contributed by atoms with Gasteiger partial charge in [-0.2, -0.15) is 0 Å². The monoisotopic (exact) mass is 773 g/mol. The molecule has 3 aliphatic heterocycles. The van der Waals surface area contributed by atoms with Gasteiger partial charge in [-0.25, -0.2) is 14.0 Å². The fourth-order valence-corrected chi connectivity index (χ4v) is 10.9. The van der Waals surface area contributed by atoms with Crippen molar-refractivity contribution in [3.05, 3.63) is 94.7 Å². The van der Waals surface area contributed by atoms with Crippen LogP contribution in [0.3, 0.4) is 0 Å². The van der Waals surface area contributed by atoms with Gasteiger partial charge < -0.3 is 24.0 Å². The number of fused-ring (bicyclic) bond motifs is 4. The molecular formula is C41H48ClN5O6S. The van der Waals surface area contributed by atoms with Gasteiger partial charge in [0.25, 0.3) is 5.91 Å². The molecule has 1 spiro atoms. The molecule has 3 amide bonds. The van der Waals surface area contributed by atoms with Gasteiger partial charge in [0, 0.05) is 48.5 Å². The minimum absolute atomic E-state index is 0.00630. The number of urea groups is 1. The maximum absolute atomic E-state index is 14.6. The van der Waals surface area contributed by atoms with E-state index in [9.17, 15) is 13.8 Å². The number of nitrogens with one attached hydrogen (secondary N) is 1. The molecular weight excluding hydrogens is 726 g/mol. The standard InChI is InChI=1S/C41H48ClN5O6S/c1-27-7-5-9-36(51-2)33-14-11-30(33)21-47-25-41(17-6-8-28-19-31(42)13-15-34(28)41)26-52-37-16-12-29(20-35(37)47)39(48)44-54(50,24-27)45-40(49)46-22-32(23-46)53-38-10-3-4-18-43-38/h3-5,9-10,12-13,15-16,18-20,27,30,32-33,36H,6-8,11,14,17,21-26H2,1-2H3,(H,44,45,48,49,50)/b9-5+/t27-,30-,33+,36-,41-,54-/m0/s1. The third-order valence-electron chi connectivity index (χ3n) is 11.8. The van der Waals surface area contributed by atoms with Crippen LogP contribution in [0, 0.1) is 17.8 Å². The molecule has 1 saturated heterocycles. The Morgan fingerprint density at radius 3 is 2.76 bits per heavy atom. The van der Waals surface area contributed by atoms with Crippen molar-refractivity contribution in [2.45, 2.75) is 63.1 Å². The quantitative estimate of drug-likeness (QED) is 0.286. The predicted molar refractivity (Wildman–Crippen MR) is 209 cm³/mol. The lowest BCUT2D eigenvalue weighted by molar-refractivity contribution is 0.0131. The van der Waals surface area contributed by atoms with Gasteiger partial charge in [0.2, 0.25) is 5.88 Å². The molecule has 3 aromatic rings. The summed E-state index contributed by atoms with van der Waals surface area (Å²) in [6.45, 7) is 4.54. The number of anilines is 1. The first-order chi connectivity index (χ1) is 26.1. The number of aromatic nitrogens is 1. The van der Waals surface area contributed by atoms with E-state index in [0.717, 1.165) is 49.4 Å². The van der Waals surface area contributed by atoms with E-state index in [2.05, 4.69) is 43.3 Å². The first kappa shape index (κ1) is 36.8. The number of likely N-dealkylation sites (tertiary alicyclic amines) is 1. The Hall–Kier alpha value is -4.13. The summed E-state index contributed by atoms with van der Waals surface area (Å²) in [7, 11) is -1.76. The highest BCUT2D eigenvalue weighted by molar-refractivity contribution is 7.92. The second kappa shape index (κ2) is 15.2. The van der Waals surface area contributed by atoms with Crippen molar-refractivity contribution < 1.29 is 28.0 Å². The highest BCUT2D eigenvalue weighted by Crippen LogP contribution is 2.47. The highest BCUT2D eigenvalue weighted by atomic mass is 35.5. The zero-order valence-corrected chi connectivity index (χ0v) is 32.4. The summed E-state index contributed by atoms with van der Waals surface area (Å²) < 4.78 is 40.2.